The largest absolute Gasteiger partial charge is 0.444 e. The molecule has 0 saturated carbocycles. The predicted molar refractivity (Wildman–Crippen MR) is 80.8 cm³/mol. The lowest BCUT2D eigenvalue weighted by atomic mass is 9.95. The van der Waals surface area contributed by atoms with E-state index in [2.05, 4.69) is 4.72 Å². The van der Waals surface area contributed by atoms with Crippen molar-refractivity contribution in [1.82, 2.24) is 9.62 Å². The second kappa shape index (κ2) is 5.85. The number of amides is 1. The van der Waals surface area contributed by atoms with Crippen molar-refractivity contribution in [2.24, 2.45) is 5.92 Å². The highest BCUT2D eigenvalue weighted by Crippen LogP contribution is 2.31. The van der Waals surface area contributed by atoms with Crippen LogP contribution >= 0.6 is 0 Å². The van der Waals surface area contributed by atoms with Gasteiger partial charge in [-0.25, -0.2) is 13.7 Å². The number of likely N-dealkylation sites (tertiary alicyclic amines) is 1. The zero-order valence-corrected chi connectivity index (χ0v) is 14.3. The second-order valence-electron chi connectivity index (χ2n) is 7.13. The first-order chi connectivity index (χ1) is 9.58. The van der Waals surface area contributed by atoms with Gasteiger partial charge in [-0.3, -0.25) is 0 Å². The third-order valence-electron chi connectivity index (χ3n) is 3.70. The van der Waals surface area contributed by atoms with Crippen molar-refractivity contribution < 1.29 is 18.5 Å². The summed E-state index contributed by atoms with van der Waals surface area (Å²) in [5.41, 5.74) is -0.467. The molecule has 1 N–H and O–H groups in total. The SMILES string of the molecule is CC(C)(C)OC(=O)N1CCC([C@@H]2NS(=O)C(C)(C)O2)CC1. The van der Waals surface area contributed by atoms with Gasteiger partial charge in [-0.15, -0.1) is 0 Å². The van der Waals surface area contributed by atoms with Crippen molar-refractivity contribution in [2.45, 2.75) is 64.2 Å². The molecule has 0 aromatic heterocycles. The Morgan fingerprint density at radius 1 is 1.33 bits per heavy atom. The van der Waals surface area contributed by atoms with Crippen LogP contribution < -0.4 is 4.72 Å². The summed E-state index contributed by atoms with van der Waals surface area (Å²) in [6.45, 7) is 10.5. The highest BCUT2D eigenvalue weighted by atomic mass is 32.2. The molecule has 2 aliphatic heterocycles. The molecule has 1 amide bonds. The van der Waals surface area contributed by atoms with Gasteiger partial charge in [0.25, 0.3) is 0 Å². The number of rotatable bonds is 1. The molecule has 0 spiro atoms. The molecule has 0 aromatic carbocycles. The Morgan fingerprint density at radius 2 is 1.90 bits per heavy atom. The molecule has 0 bridgehead atoms. The lowest BCUT2D eigenvalue weighted by Crippen LogP contribution is -2.45. The number of nitrogens with zero attached hydrogens (tertiary/aromatic N) is 1. The molecule has 122 valence electrons. The first kappa shape index (κ1) is 16.7. The minimum absolute atomic E-state index is 0.193. The summed E-state index contributed by atoms with van der Waals surface area (Å²) >= 11 is 0. The Kier molecular flexibility index (Phi) is 4.66. The quantitative estimate of drug-likeness (QED) is 0.803. The summed E-state index contributed by atoms with van der Waals surface area (Å²) in [7, 11) is -1.17. The van der Waals surface area contributed by atoms with E-state index in [-0.39, 0.29) is 18.2 Å². The Labute approximate surface area is 129 Å². The van der Waals surface area contributed by atoms with Gasteiger partial charge >= 0.3 is 6.09 Å². The van der Waals surface area contributed by atoms with E-state index >= 15 is 0 Å². The Morgan fingerprint density at radius 3 is 2.33 bits per heavy atom. The van der Waals surface area contributed by atoms with E-state index in [1.54, 1.807) is 4.90 Å². The van der Waals surface area contributed by atoms with Crippen LogP contribution in [0.25, 0.3) is 0 Å². The molecule has 21 heavy (non-hydrogen) atoms. The molecule has 7 heteroatoms. The number of hydrogen-bond donors (Lipinski definition) is 1. The summed E-state index contributed by atoms with van der Waals surface area (Å²) < 4.78 is 26.1. The number of piperidine rings is 1. The highest BCUT2D eigenvalue weighted by Gasteiger charge is 2.43. The molecule has 2 aliphatic rings. The highest BCUT2D eigenvalue weighted by molar-refractivity contribution is 7.84. The van der Waals surface area contributed by atoms with E-state index in [1.165, 1.54) is 0 Å². The van der Waals surface area contributed by atoms with Gasteiger partial charge in [0.05, 0.1) is 0 Å². The van der Waals surface area contributed by atoms with Crippen LogP contribution in [0, 0.1) is 5.92 Å². The standard InChI is InChI=1S/C14H26N2O4S/c1-13(2,3)20-12(17)16-8-6-10(7-9-16)11-15-21(18)14(4,5)19-11/h10-11,15H,6-9H2,1-5H3/t11-,21?/m1/s1. The number of carbonyl (C=O) groups excluding carboxylic acids is 1. The van der Waals surface area contributed by atoms with Crippen LogP contribution in [0.1, 0.15) is 47.5 Å². The molecule has 6 nitrogen and oxygen atoms in total. The smallest absolute Gasteiger partial charge is 0.410 e. The van der Waals surface area contributed by atoms with Crippen LogP contribution in [-0.4, -0.2) is 45.1 Å². The summed E-state index contributed by atoms with van der Waals surface area (Å²) in [5.74, 6) is 0.273. The summed E-state index contributed by atoms with van der Waals surface area (Å²) in [6.07, 6.45) is 1.20. The molecule has 0 aliphatic carbocycles. The van der Waals surface area contributed by atoms with E-state index < -0.39 is 21.5 Å². The van der Waals surface area contributed by atoms with E-state index in [9.17, 15) is 9.00 Å². The maximum Gasteiger partial charge on any atom is 0.410 e. The molecular formula is C14H26N2O4S. The van der Waals surface area contributed by atoms with Gasteiger partial charge in [0.1, 0.15) is 22.8 Å². The third-order valence-corrected chi connectivity index (χ3v) is 5.14. The second-order valence-corrected chi connectivity index (χ2v) is 8.89. The molecule has 1 unspecified atom stereocenters. The molecule has 2 saturated heterocycles. The van der Waals surface area contributed by atoms with Gasteiger partial charge in [-0.2, -0.15) is 0 Å². The van der Waals surface area contributed by atoms with Crippen LogP contribution in [0.2, 0.25) is 0 Å². The van der Waals surface area contributed by atoms with Crippen molar-refractivity contribution in [3.63, 3.8) is 0 Å². The van der Waals surface area contributed by atoms with Crippen molar-refractivity contribution in [3.8, 4) is 0 Å². The number of nitrogens with one attached hydrogen (secondary N) is 1. The fourth-order valence-electron chi connectivity index (χ4n) is 2.52. The van der Waals surface area contributed by atoms with Crippen LogP contribution in [0.15, 0.2) is 0 Å². The fraction of sp³-hybridized carbons (Fsp3) is 0.929. The zero-order chi connectivity index (χ0) is 15.8. The molecule has 2 rings (SSSR count). The van der Waals surface area contributed by atoms with Crippen LogP contribution in [0.5, 0.6) is 0 Å². The maximum atomic E-state index is 12.0. The summed E-state index contributed by atoms with van der Waals surface area (Å²) in [6, 6.07) is 0. The van der Waals surface area contributed by atoms with Crippen molar-refractivity contribution in [1.29, 1.82) is 0 Å². The van der Waals surface area contributed by atoms with Crippen LogP contribution in [-0.2, 0) is 20.5 Å². The van der Waals surface area contributed by atoms with E-state index in [0.717, 1.165) is 12.8 Å². The lowest BCUT2D eigenvalue weighted by Gasteiger charge is -2.35. The predicted octanol–water partition coefficient (Wildman–Crippen LogP) is 1.98. The van der Waals surface area contributed by atoms with Gasteiger partial charge in [-0.05, 0) is 47.5 Å². The minimum atomic E-state index is -1.17. The van der Waals surface area contributed by atoms with E-state index in [1.807, 2.05) is 34.6 Å². The Balaban J connectivity index is 1.84. The van der Waals surface area contributed by atoms with Gasteiger partial charge in [0, 0.05) is 19.0 Å². The maximum absolute atomic E-state index is 12.0. The van der Waals surface area contributed by atoms with Gasteiger partial charge < -0.3 is 14.4 Å². The van der Waals surface area contributed by atoms with E-state index in [0.29, 0.717) is 13.1 Å². The molecule has 0 aromatic rings. The summed E-state index contributed by atoms with van der Waals surface area (Å²) in [5, 5.41) is 0. The van der Waals surface area contributed by atoms with Gasteiger partial charge in [-0.1, -0.05) is 0 Å². The van der Waals surface area contributed by atoms with Crippen LogP contribution in [0.4, 0.5) is 4.79 Å². The fourth-order valence-corrected chi connectivity index (χ4v) is 3.45. The molecule has 0 radical (unpaired) electrons. The normalized spacial score (nSPS) is 30.4. The molecular weight excluding hydrogens is 292 g/mol. The third kappa shape index (κ3) is 4.17. The topological polar surface area (TPSA) is 67.9 Å². The first-order valence-electron chi connectivity index (χ1n) is 7.42. The van der Waals surface area contributed by atoms with Crippen molar-refractivity contribution in [3.05, 3.63) is 0 Å². The lowest BCUT2D eigenvalue weighted by molar-refractivity contribution is -0.0475. The average Bonchev–Trinajstić information content (AvgIpc) is 2.62. The number of ether oxygens (including phenoxy) is 2. The summed E-state index contributed by atoms with van der Waals surface area (Å²) in [4.78, 5) is 13.1. The Hall–Kier alpha value is -0.660. The number of carbonyl (C=O) groups is 1. The first-order valence-corrected chi connectivity index (χ1v) is 8.57. The molecule has 2 fully saturated rings. The average molecular weight is 318 g/mol. The van der Waals surface area contributed by atoms with Crippen LogP contribution in [0.3, 0.4) is 0 Å². The van der Waals surface area contributed by atoms with Gasteiger partial charge in [0.15, 0.2) is 4.93 Å². The minimum Gasteiger partial charge on any atom is -0.444 e. The molecule has 2 atom stereocenters. The van der Waals surface area contributed by atoms with Crippen molar-refractivity contribution in [2.75, 3.05) is 13.1 Å². The zero-order valence-electron chi connectivity index (χ0n) is 13.5. The monoisotopic (exact) mass is 318 g/mol. The Bertz CT molecular complexity index is 425. The van der Waals surface area contributed by atoms with E-state index in [4.69, 9.17) is 9.47 Å². The van der Waals surface area contributed by atoms with Gasteiger partial charge in [0.2, 0.25) is 0 Å². The number of hydrogen-bond acceptors (Lipinski definition) is 4. The molecule has 2 heterocycles. The van der Waals surface area contributed by atoms with Crippen molar-refractivity contribution >= 4 is 17.1 Å².